The standard InChI is InChI=1S/C13H18ClNO3/c1-10(14)13(16)15-12-5-3-4-11(8-12)9-18-7-6-17-2/h3-5,8,10H,6-7,9H2,1-2H3,(H,15,16). The Morgan fingerprint density at radius 2 is 2.22 bits per heavy atom. The zero-order valence-corrected chi connectivity index (χ0v) is 11.4. The highest BCUT2D eigenvalue weighted by atomic mass is 35.5. The van der Waals surface area contributed by atoms with E-state index in [9.17, 15) is 4.79 Å². The van der Waals surface area contributed by atoms with Gasteiger partial charge in [-0.3, -0.25) is 4.79 Å². The maximum Gasteiger partial charge on any atom is 0.242 e. The highest BCUT2D eigenvalue weighted by Gasteiger charge is 2.08. The second-order valence-electron chi connectivity index (χ2n) is 3.85. The van der Waals surface area contributed by atoms with Crippen molar-refractivity contribution >= 4 is 23.2 Å². The van der Waals surface area contributed by atoms with Gasteiger partial charge in [0.1, 0.15) is 5.38 Å². The van der Waals surface area contributed by atoms with Crippen molar-refractivity contribution < 1.29 is 14.3 Å². The molecule has 1 N–H and O–H groups in total. The molecule has 1 unspecified atom stereocenters. The lowest BCUT2D eigenvalue weighted by Crippen LogP contribution is -2.20. The fourth-order valence-corrected chi connectivity index (χ4v) is 1.37. The molecule has 0 aliphatic heterocycles. The van der Waals surface area contributed by atoms with Gasteiger partial charge < -0.3 is 14.8 Å². The molecule has 4 nitrogen and oxygen atoms in total. The molecule has 0 saturated heterocycles. The van der Waals surface area contributed by atoms with Gasteiger partial charge in [-0.05, 0) is 24.6 Å². The Morgan fingerprint density at radius 1 is 1.44 bits per heavy atom. The molecule has 0 aliphatic carbocycles. The molecule has 0 bridgehead atoms. The van der Waals surface area contributed by atoms with Crippen LogP contribution in [0.1, 0.15) is 12.5 Å². The van der Waals surface area contributed by atoms with Crippen molar-refractivity contribution in [2.45, 2.75) is 18.9 Å². The lowest BCUT2D eigenvalue weighted by atomic mass is 10.2. The average Bonchev–Trinajstić information content (AvgIpc) is 2.35. The first-order chi connectivity index (χ1) is 8.63. The van der Waals surface area contributed by atoms with Gasteiger partial charge in [0.05, 0.1) is 19.8 Å². The van der Waals surface area contributed by atoms with E-state index in [1.807, 2.05) is 24.3 Å². The topological polar surface area (TPSA) is 47.6 Å². The van der Waals surface area contributed by atoms with E-state index in [1.54, 1.807) is 14.0 Å². The Balaban J connectivity index is 2.49. The van der Waals surface area contributed by atoms with Crippen molar-refractivity contribution in [2.24, 2.45) is 0 Å². The number of hydrogen-bond donors (Lipinski definition) is 1. The number of ether oxygens (including phenoxy) is 2. The molecule has 1 rings (SSSR count). The van der Waals surface area contributed by atoms with Gasteiger partial charge in [-0.15, -0.1) is 11.6 Å². The maximum absolute atomic E-state index is 11.4. The molecule has 0 saturated carbocycles. The molecule has 0 heterocycles. The summed E-state index contributed by atoms with van der Waals surface area (Å²) in [6.07, 6.45) is 0. The van der Waals surface area contributed by atoms with Crippen molar-refractivity contribution in [3.05, 3.63) is 29.8 Å². The lowest BCUT2D eigenvalue weighted by Gasteiger charge is -2.09. The minimum atomic E-state index is -0.549. The third kappa shape index (κ3) is 5.49. The van der Waals surface area contributed by atoms with Crippen LogP contribution in [0, 0.1) is 0 Å². The van der Waals surface area contributed by atoms with E-state index >= 15 is 0 Å². The van der Waals surface area contributed by atoms with Crippen LogP contribution in [0.4, 0.5) is 5.69 Å². The largest absolute Gasteiger partial charge is 0.382 e. The molecule has 1 atom stereocenters. The number of nitrogens with one attached hydrogen (secondary N) is 1. The van der Waals surface area contributed by atoms with E-state index in [0.717, 1.165) is 11.3 Å². The van der Waals surface area contributed by atoms with Crippen LogP contribution in [-0.4, -0.2) is 31.6 Å². The van der Waals surface area contributed by atoms with E-state index < -0.39 is 5.38 Å². The van der Waals surface area contributed by atoms with Crippen LogP contribution in [0.2, 0.25) is 0 Å². The second kappa shape index (κ2) is 8.08. The highest BCUT2D eigenvalue weighted by Crippen LogP contribution is 2.12. The summed E-state index contributed by atoms with van der Waals surface area (Å²) in [5, 5.41) is 2.18. The van der Waals surface area contributed by atoms with E-state index in [-0.39, 0.29) is 5.91 Å². The summed E-state index contributed by atoms with van der Waals surface area (Å²) in [4.78, 5) is 11.4. The molecule has 0 radical (unpaired) electrons. The number of rotatable bonds is 7. The highest BCUT2D eigenvalue weighted by molar-refractivity contribution is 6.32. The van der Waals surface area contributed by atoms with Crippen LogP contribution >= 0.6 is 11.6 Å². The maximum atomic E-state index is 11.4. The third-order valence-corrected chi connectivity index (χ3v) is 2.45. The van der Waals surface area contributed by atoms with Gasteiger partial charge in [0, 0.05) is 12.8 Å². The van der Waals surface area contributed by atoms with Crippen molar-refractivity contribution in [3.8, 4) is 0 Å². The van der Waals surface area contributed by atoms with Gasteiger partial charge in [-0.2, -0.15) is 0 Å². The molecule has 1 aromatic rings. The molecular weight excluding hydrogens is 254 g/mol. The summed E-state index contributed by atoms with van der Waals surface area (Å²) in [6, 6.07) is 7.48. The Labute approximate surface area is 112 Å². The second-order valence-corrected chi connectivity index (χ2v) is 4.51. The smallest absolute Gasteiger partial charge is 0.242 e. The minimum absolute atomic E-state index is 0.214. The minimum Gasteiger partial charge on any atom is -0.382 e. The van der Waals surface area contributed by atoms with Crippen LogP contribution < -0.4 is 5.32 Å². The summed E-state index contributed by atoms with van der Waals surface area (Å²) in [6.45, 7) is 3.24. The van der Waals surface area contributed by atoms with Crippen molar-refractivity contribution in [1.29, 1.82) is 0 Å². The van der Waals surface area contributed by atoms with Crippen LogP contribution in [-0.2, 0) is 20.9 Å². The predicted molar refractivity (Wildman–Crippen MR) is 71.9 cm³/mol. The zero-order chi connectivity index (χ0) is 13.4. The first kappa shape index (κ1) is 15.0. The monoisotopic (exact) mass is 271 g/mol. The molecule has 0 spiro atoms. The number of carbonyl (C=O) groups is 1. The number of alkyl halides is 1. The zero-order valence-electron chi connectivity index (χ0n) is 10.6. The Kier molecular flexibility index (Phi) is 6.72. The van der Waals surface area contributed by atoms with Gasteiger partial charge in [0.2, 0.25) is 5.91 Å². The summed E-state index contributed by atoms with van der Waals surface area (Å²) in [5.41, 5.74) is 1.71. The number of hydrogen-bond acceptors (Lipinski definition) is 3. The lowest BCUT2D eigenvalue weighted by molar-refractivity contribution is -0.115. The van der Waals surface area contributed by atoms with Gasteiger partial charge in [0.25, 0.3) is 0 Å². The first-order valence-electron chi connectivity index (χ1n) is 5.74. The summed E-state index contributed by atoms with van der Waals surface area (Å²) in [5.74, 6) is -0.214. The quantitative estimate of drug-likeness (QED) is 0.612. The van der Waals surface area contributed by atoms with Crippen molar-refractivity contribution in [3.63, 3.8) is 0 Å². The Hall–Kier alpha value is -1.10. The average molecular weight is 272 g/mol. The van der Waals surface area contributed by atoms with Crippen LogP contribution in [0.5, 0.6) is 0 Å². The SMILES string of the molecule is COCCOCc1cccc(NC(=O)C(C)Cl)c1. The van der Waals surface area contributed by atoms with Gasteiger partial charge in [-0.25, -0.2) is 0 Å². The molecular formula is C13H18ClNO3. The van der Waals surface area contributed by atoms with Gasteiger partial charge >= 0.3 is 0 Å². The number of carbonyl (C=O) groups excluding carboxylic acids is 1. The van der Waals surface area contributed by atoms with E-state index in [4.69, 9.17) is 21.1 Å². The molecule has 0 aliphatic rings. The first-order valence-corrected chi connectivity index (χ1v) is 6.17. The van der Waals surface area contributed by atoms with Gasteiger partial charge in [0.15, 0.2) is 0 Å². The fraction of sp³-hybridized carbons (Fsp3) is 0.462. The van der Waals surface area contributed by atoms with E-state index in [0.29, 0.717) is 19.8 Å². The number of anilines is 1. The third-order valence-electron chi connectivity index (χ3n) is 2.26. The van der Waals surface area contributed by atoms with Crippen LogP contribution in [0.3, 0.4) is 0 Å². The number of amides is 1. The van der Waals surface area contributed by atoms with Gasteiger partial charge in [-0.1, -0.05) is 12.1 Å². The molecule has 1 amide bonds. The number of benzene rings is 1. The van der Waals surface area contributed by atoms with Crippen molar-refractivity contribution in [1.82, 2.24) is 0 Å². The number of halogens is 1. The number of methoxy groups -OCH3 is 1. The molecule has 0 aromatic heterocycles. The molecule has 18 heavy (non-hydrogen) atoms. The van der Waals surface area contributed by atoms with Crippen LogP contribution in [0.15, 0.2) is 24.3 Å². The Bertz CT molecular complexity index is 382. The molecule has 1 aromatic carbocycles. The summed E-state index contributed by atoms with van der Waals surface area (Å²) >= 11 is 5.69. The molecule has 0 fully saturated rings. The molecule has 5 heteroatoms. The van der Waals surface area contributed by atoms with Crippen LogP contribution in [0.25, 0.3) is 0 Å². The van der Waals surface area contributed by atoms with E-state index in [2.05, 4.69) is 5.32 Å². The predicted octanol–water partition coefficient (Wildman–Crippen LogP) is 2.42. The van der Waals surface area contributed by atoms with Crippen molar-refractivity contribution in [2.75, 3.05) is 25.6 Å². The summed E-state index contributed by atoms with van der Waals surface area (Å²) < 4.78 is 10.3. The normalized spacial score (nSPS) is 12.2. The van der Waals surface area contributed by atoms with E-state index in [1.165, 1.54) is 0 Å². The Morgan fingerprint density at radius 3 is 2.89 bits per heavy atom. The molecule has 100 valence electrons. The summed E-state index contributed by atoms with van der Waals surface area (Å²) in [7, 11) is 1.63. The fourth-order valence-electron chi connectivity index (χ4n) is 1.31.